The van der Waals surface area contributed by atoms with Crippen molar-refractivity contribution in [3.63, 3.8) is 0 Å². The van der Waals surface area contributed by atoms with Crippen LogP contribution in [0, 0.1) is 5.92 Å². The summed E-state index contributed by atoms with van der Waals surface area (Å²) in [7, 11) is 0. The molecule has 0 aromatic rings. The summed E-state index contributed by atoms with van der Waals surface area (Å²) < 4.78 is 10.8. The van der Waals surface area contributed by atoms with Gasteiger partial charge in [-0.15, -0.1) is 0 Å². The second-order valence-corrected chi connectivity index (χ2v) is 11.3. The molecule has 3 N–H and O–H groups in total. The fraction of sp³-hybridized carbons (Fsp3) is 0.897. The highest BCUT2D eigenvalue weighted by atomic mass is 32.2. The molecule has 0 aliphatic heterocycles. The maximum absolute atomic E-state index is 12.3. The lowest BCUT2D eigenvalue weighted by molar-refractivity contribution is -0.140. The summed E-state index contributed by atoms with van der Waals surface area (Å²) in [6, 6.07) is 0. The Labute approximate surface area is 236 Å². The largest absolute Gasteiger partial charge is 0.481 e. The lowest BCUT2D eigenvalue weighted by Crippen LogP contribution is -2.35. The van der Waals surface area contributed by atoms with Crippen molar-refractivity contribution in [3.8, 4) is 0 Å². The summed E-state index contributed by atoms with van der Waals surface area (Å²) in [6.45, 7) is 7.10. The summed E-state index contributed by atoms with van der Waals surface area (Å²) in [5.74, 6) is -0.629. The molecule has 2 amide bonds. The van der Waals surface area contributed by atoms with E-state index in [0.29, 0.717) is 24.6 Å². The molecular formula is C29H56N2O6S. The summed E-state index contributed by atoms with van der Waals surface area (Å²) in [6.07, 6.45) is 17.3. The molecule has 0 aromatic heterocycles. The van der Waals surface area contributed by atoms with Crippen molar-refractivity contribution in [2.75, 3.05) is 31.2 Å². The van der Waals surface area contributed by atoms with Gasteiger partial charge < -0.3 is 25.2 Å². The number of hydrogen-bond acceptors (Lipinski definition) is 6. The number of carboxylic acid groups (broad SMARTS) is 1. The molecule has 0 aliphatic rings. The second-order valence-electron chi connectivity index (χ2n) is 10.2. The highest BCUT2D eigenvalue weighted by molar-refractivity contribution is 7.99. The van der Waals surface area contributed by atoms with E-state index >= 15 is 0 Å². The Bertz CT molecular complexity index is 593. The number of hydrogen-bond donors (Lipinski definition) is 3. The van der Waals surface area contributed by atoms with Gasteiger partial charge in [0.1, 0.15) is 12.7 Å². The first-order chi connectivity index (χ1) is 18.4. The van der Waals surface area contributed by atoms with Crippen molar-refractivity contribution < 1.29 is 29.0 Å². The van der Waals surface area contributed by atoms with Gasteiger partial charge in [-0.25, -0.2) is 9.59 Å². The van der Waals surface area contributed by atoms with Gasteiger partial charge in [-0.3, -0.25) is 4.79 Å². The fourth-order valence-electron chi connectivity index (χ4n) is 3.88. The van der Waals surface area contributed by atoms with E-state index in [1.54, 1.807) is 6.92 Å². The Kier molecular flexibility index (Phi) is 25.8. The first-order valence-electron chi connectivity index (χ1n) is 15.1. The molecule has 2 atom stereocenters. The molecule has 0 saturated heterocycles. The van der Waals surface area contributed by atoms with Crippen LogP contribution in [0.1, 0.15) is 124 Å². The lowest BCUT2D eigenvalue weighted by atomic mass is 10.1. The third kappa shape index (κ3) is 24.7. The van der Waals surface area contributed by atoms with Gasteiger partial charge in [0.15, 0.2) is 0 Å². The van der Waals surface area contributed by atoms with E-state index in [1.807, 2.05) is 0 Å². The molecule has 0 aliphatic carbocycles. The number of amides is 2. The standard InChI is InChI=1S/C29H56N2O6S/c1-4-6-8-10-12-14-16-18-20-30-28(34)36-22-26(24-38-23-25(3)27(32)33)37-29(35)31-21-19-17-15-13-11-9-7-5-2/h25-26H,4-24H2,1-3H3,(H,30,34)(H,31,35)(H,32,33)/t25-,26+/m0/s1. The van der Waals surface area contributed by atoms with Crippen LogP contribution < -0.4 is 10.6 Å². The van der Waals surface area contributed by atoms with Crippen molar-refractivity contribution in [2.24, 2.45) is 5.92 Å². The molecule has 0 unspecified atom stereocenters. The number of rotatable bonds is 26. The Morgan fingerprint density at radius 1 is 0.684 bits per heavy atom. The van der Waals surface area contributed by atoms with Crippen molar-refractivity contribution in [3.05, 3.63) is 0 Å². The Morgan fingerprint density at radius 3 is 1.61 bits per heavy atom. The Morgan fingerprint density at radius 2 is 1.13 bits per heavy atom. The zero-order valence-electron chi connectivity index (χ0n) is 24.4. The van der Waals surface area contributed by atoms with Crippen LogP contribution in [-0.2, 0) is 14.3 Å². The number of ether oxygens (including phenoxy) is 2. The van der Waals surface area contributed by atoms with Crippen LogP contribution in [0.4, 0.5) is 9.59 Å². The third-order valence-electron chi connectivity index (χ3n) is 6.37. The number of unbranched alkanes of at least 4 members (excludes halogenated alkanes) is 14. The second kappa shape index (κ2) is 26.9. The van der Waals surface area contributed by atoms with E-state index < -0.39 is 30.2 Å². The number of thioether (sulfide) groups is 1. The molecular weight excluding hydrogens is 504 g/mol. The monoisotopic (exact) mass is 560 g/mol. The molecule has 0 saturated carbocycles. The molecule has 0 heterocycles. The minimum atomic E-state index is -0.866. The average Bonchev–Trinajstić information content (AvgIpc) is 2.89. The Balaban J connectivity index is 4.20. The van der Waals surface area contributed by atoms with Gasteiger partial charge in [-0.05, 0) is 12.8 Å². The number of aliphatic carboxylic acids is 1. The summed E-state index contributed by atoms with van der Waals surface area (Å²) in [5.41, 5.74) is 0. The molecule has 224 valence electrons. The quantitative estimate of drug-likeness (QED) is 0.0936. The molecule has 0 aromatic carbocycles. The zero-order chi connectivity index (χ0) is 28.3. The minimum absolute atomic E-state index is 0.0666. The highest BCUT2D eigenvalue weighted by Gasteiger charge is 2.19. The molecule has 0 rings (SSSR count). The van der Waals surface area contributed by atoms with E-state index in [2.05, 4.69) is 24.5 Å². The number of carbonyl (C=O) groups is 3. The van der Waals surface area contributed by atoms with Crippen molar-refractivity contribution in [1.82, 2.24) is 10.6 Å². The smallest absolute Gasteiger partial charge is 0.407 e. The topological polar surface area (TPSA) is 114 Å². The van der Waals surface area contributed by atoms with Crippen LogP contribution in [-0.4, -0.2) is 60.6 Å². The van der Waals surface area contributed by atoms with Gasteiger partial charge in [-0.2, -0.15) is 11.8 Å². The number of nitrogens with one attached hydrogen (secondary N) is 2. The maximum Gasteiger partial charge on any atom is 0.407 e. The molecule has 0 radical (unpaired) electrons. The predicted octanol–water partition coefficient (Wildman–Crippen LogP) is 7.54. The number of alkyl carbamates (subject to hydrolysis) is 2. The van der Waals surface area contributed by atoms with Crippen molar-refractivity contribution in [2.45, 2.75) is 130 Å². The predicted molar refractivity (Wildman–Crippen MR) is 157 cm³/mol. The molecule has 0 fully saturated rings. The SMILES string of the molecule is CCCCCCCCCCNC(=O)OC[C@H](CSC[C@H](C)C(=O)O)OC(=O)NCCCCCCCCCC. The van der Waals surface area contributed by atoms with E-state index in [9.17, 15) is 14.4 Å². The molecule has 9 heteroatoms. The van der Waals surface area contributed by atoms with Gasteiger partial charge in [-0.1, -0.05) is 111 Å². The normalized spacial score (nSPS) is 12.5. The first-order valence-corrected chi connectivity index (χ1v) is 16.2. The zero-order valence-corrected chi connectivity index (χ0v) is 25.2. The molecule has 38 heavy (non-hydrogen) atoms. The van der Waals surface area contributed by atoms with Gasteiger partial charge in [0.25, 0.3) is 0 Å². The summed E-state index contributed by atoms with van der Waals surface area (Å²) in [5, 5.41) is 14.6. The van der Waals surface area contributed by atoms with Gasteiger partial charge in [0.2, 0.25) is 0 Å². The Hall–Kier alpha value is -1.64. The van der Waals surface area contributed by atoms with Crippen molar-refractivity contribution in [1.29, 1.82) is 0 Å². The van der Waals surface area contributed by atoms with Gasteiger partial charge >= 0.3 is 18.2 Å². The van der Waals surface area contributed by atoms with Crippen LogP contribution >= 0.6 is 11.8 Å². The van der Waals surface area contributed by atoms with Crippen molar-refractivity contribution >= 4 is 29.9 Å². The van der Waals surface area contributed by atoms with Crippen LogP contribution in [0.25, 0.3) is 0 Å². The third-order valence-corrected chi connectivity index (χ3v) is 7.71. The van der Waals surface area contributed by atoms with Gasteiger partial charge in [0.05, 0.1) is 5.92 Å². The molecule has 0 bridgehead atoms. The molecule has 8 nitrogen and oxygen atoms in total. The number of carboxylic acids is 1. The molecule has 0 spiro atoms. The van der Waals surface area contributed by atoms with E-state index in [0.717, 1.165) is 25.7 Å². The first kappa shape index (κ1) is 36.4. The van der Waals surface area contributed by atoms with E-state index in [4.69, 9.17) is 14.6 Å². The summed E-state index contributed by atoms with van der Waals surface area (Å²) in [4.78, 5) is 35.4. The van der Waals surface area contributed by atoms with E-state index in [1.165, 1.54) is 88.8 Å². The number of carbonyl (C=O) groups excluding carboxylic acids is 2. The van der Waals surface area contributed by atoms with E-state index in [-0.39, 0.29) is 6.61 Å². The average molecular weight is 561 g/mol. The van der Waals surface area contributed by atoms with Crippen LogP contribution in [0.5, 0.6) is 0 Å². The van der Waals surface area contributed by atoms with Crippen LogP contribution in [0.3, 0.4) is 0 Å². The van der Waals surface area contributed by atoms with Crippen LogP contribution in [0.15, 0.2) is 0 Å². The summed E-state index contributed by atoms with van der Waals surface area (Å²) >= 11 is 1.37. The highest BCUT2D eigenvalue weighted by Crippen LogP contribution is 2.13. The van der Waals surface area contributed by atoms with Crippen LogP contribution in [0.2, 0.25) is 0 Å². The fourth-order valence-corrected chi connectivity index (χ4v) is 4.93. The lowest BCUT2D eigenvalue weighted by Gasteiger charge is -2.19. The van der Waals surface area contributed by atoms with Gasteiger partial charge in [0, 0.05) is 24.6 Å². The minimum Gasteiger partial charge on any atom is -0.481 e. The maximum atomic E-state index is 12.3.